The van der Waals surface area contributed by atoms with Gasteiger partial charge >= 0.3 is 0 Å². The maximum atomic E-state index is 11.7. The number of hydrogen-bond donors (Lipinski definition) is 1. The van der Waals surface area contributed by atoms with Gasteiger partial charge in [-0.15, -0.1) is 0 Å². The zero-order valence-electron chi connectivity index (χ0n) is 13.5. The number of quaternary nitrogens is 1. The standard InChI is InChI=1S/C17H24N2O3/c1-12-4-5-15(13(2)10-12)14(3)18-6-8-19(9-7-18)16(20)11-17(21)22/h4-5,10,14H,6-9,11H2,1-3H3,(H,21,22)/t14-/m0/s1. The number of carbonyl (C=O) groups excluding carboxylic acids is 2. The van der Waals surface area contributed by atoms with E-state index in [1.54, 1.807) is 4.90 Å². The molecule has 1 aliphatic heterocycles. The first kappa shape index (κ1) is 16.5. The van der Waals surface area contributed by atoms with E-state index in [2.05, 4.69) is 39.0 Å². The molecule has 0 bridgehead atoms. The summed E-state index contributed by atoms with van der Waals surface area (Å²) in [5, 5.41) is 10.5. The van der Waals surface area contributed by atoms with Crippen molar-refractivity contribution in [2.24, 2.45) is 0 Å². The number of nitrogens with one attached hydrogen (secondary N) is 1. The summed E-state index contributed by atoms with van der Waals surface area (Å²) < 4.78 is 0. The lowest BCUT2D eigenvalue weighted by Crippen LogP contribution is -3.14. The second-order valence-electron chi connectivity index (χ2n) is 6.17. The molecular formula is C17H24N2O3. The second-order valence-corrected chi connectivity index (χ2v) is 6.17. The number of aliphatic carboxylic acids is 1. The van der Waals surface area contributed by atoms with Crippen molar-refractivity contribution in [1.29, 1.82) is 0 Å². The van der Waals surface area contributed by atoms with Gasteiger partial charge in [0.15, 0.2) is 0 Å². The number of carboxylic acids is 1. The number of carbonyl (C=O) groups is 2. The fourth-order valence-electron chi connectivity index (χ4n) is 3.24. The Kier molecular flexibility index (Phi) is 5.19. The van der Waals surface area contributed by atoms with Crippen LogP contribution in [0.25, 0.3) is 0 Å². The predicted molar refractivity (Wildman–Crippen MR) is 81.2 cm³/mol. The van der Waals surface area contributed by atoms with E-state index in [0.29, 0.717) is 19.1 Å². The van der Waals surface area contributed by atoms with E-state index in [0.717, 1.165) is 13.1 Å². The second kappa shape index (κ2) is 6.92. The third kappa shape index (κ3) is 3.85. The van der Waals surface area contributed by atoms with Crippen LogP contribution in [-0.2, 0) is 9.59 Å². The molecule has 1 fully saturated rings. The Bertz CT molecular complexity index is 563. The van der Waals surface area contributed by atoms with Gasteiger partial charge in [-0.1, -0.05) is 23.8 Å². The number of benzene rings is 1. The number of hydrogen-bond acceptors (Lipinski definition) is 3. The summed E-state index contributed by atoms with van der Waals surface area (Å²) in [5.41, 5.74) is 3.91. The summed E-state index contributed by atoms with van der Waals surface area (Å²) in [6.07, 6.45) is -0.512. The molecule has 0 radical (unpaired) electrons. The number of rotatable bonds is 4. The molecule has 2 rings (SSSR count). The van der Waals surface area contributed by atoms with Gasteiger partial charge in [0, 0.05) is 5.56 Å². The first-order valence-corrected chi connectivity index (χ1v) is 7.78. The molecular weight excluding hydrogens is 280 g/mol. The molecule has 1 amide bonds. The highest BCUT2D eigenvalue weighted by molar-refractivity contribution is 5.92. The number of piperazine rings is 1. The van der Waals surface area contributed by atoms with E-state index in [1.165, 1.54) is 21.6 Å². The molecule has 0 unspecified atom stereocenters. The third-order valence-electron chi connectivity index (χ3n) is 4.56. The van der Waals surface area contributed by atoms with Crippen LogP contribution in [0, 0.1) is 13.8 Å². The lowest BCUT2D eigenvalue weighted by atomic mass is 9.98. The Labute approximate surface area is 131 Å². The van der Waals surface area contributed by atoms with Gasteiger partial charge in [0.1, 0.15) is 6.04 Å². The molecule has 5 heteroatoms. The fourth-order valence-corrected chi connectivity index (χ4v) is 3.24. The van der Waals surface area contributed by atoms with Crippen molar-refractivity contribution in [2.45, 2.75) is 33.2 Å². The number of carboxylic acid groups (broad SMARTS) is 1. The summed E-state index contributed by atoms with van der Waals surface area (Å²) in [5.74, 6) is -1.64. The van der Waals surface area contributed by atoms with Crippen LogP contribution in [0.1, 0.15) is 36.1 Å². The van der Waals surface area contributed by atoms with Crippen molar-refractivity contribution in [3.63, 3.8) is 0 Å². The van der Waals surface area contributed by atoms with Crippen molar-refractivity contribution in [1.82, 2.24) is 4.90 Å². The van der Waals surface area contributed by atoms with Gasteiger partial charge in [-0.05, 0) is 26.3 Å². The summed E-state index contributed by atoms with van der Waals surface area (Å²) in [7, 11) is 0. The van der Waals surface area contributed by atoms with Gasteiger partial charge in [-0.2, -0.15) is 0 Å². The van der Waals surface area contributed by atoms with Crippen molar-refractivity contribution < 1.29 is 19.6 Å². The maximum Gasteiger partial charge on any atom is 0.228 e. The molecule has 1 saturated heterocycles. The summed E-state index contributed by atoms with van der Waals surface area (Å²) in [4.78, 5) is 25.3. The largest absolute Gasteiger partial charge is 0.550 e. The first-order chi connectivity index (χ1) is 10.4. The van der Waals surface area contributed by atoms with E-state index in [4.69, 9.17) is 0 Å². The van der Waals surface area contributed by atoms with Crippen LogP contribution < -0.4 is 10.0 Å². The van der Waals surface area contributed by atoms with Crippen molar-refractivity contribution in [3.8, 4) is 0 Å². The molecule has 120 valence electrons. The van der Waals surface area contributed by atoms with E-state index < -0.39 is 12.4 Å². The molecule has 0 aromatic heterocycles. The molecule has 0 saturated carbocycles. The van der Waals surface area contributed by atoms with Crippen molar-refractivity contribution in [2.75, 3.05) is 26.2 Å². The highest BCUT2D eigenvalue weighted by atomic mass is 16.4. The molecule has 1 aromatic rings. The van der Waals surface area contributed by atoms with E-state index in [1.807, 2.05) is 0 Å². The highest BCUT2D eigenvalue weighted by Crippen LogP contribution is 2.16. The Balaban J connectivity index is 1.96. The molecule has 1 aliphatic rings. The van der Waals surface area contributed by atoms with Crippen LogP contribution in [0.15, 0.2) is 18.2 Å². The topological polar surface area (TPSA) is 64.9 Å². The van der Waals surface area contributed by atoms with Crippen LogP contribution in [0.3, 0.4) is 0 Å². The van der Waals surface area contributed by atoms with Gasteiger partial charge in [0.25, 0.3) is 0 Å². The van der Waals surface area contributed by atoms with Crippen molar-refractivity contribution >= 4 is 11.9 Å². The molecule has 0 aliphatic carbocycles. The van der Waals surface area contributed by atoms with Crippen molar-refractivity contribution in [3.05, 3.63) is 34.9 Å². The van der Waals surface area contributed by atoms with Crippen LogP contribution >= 0.6 is 0 Å². The van der Waals surface area contributed by atoms with Crippen LogP contribution in [0.2, 0.25) is 0 Å². The molecule has 5 nitrogen and oxygen atoms in total. The normalized spacial score (nSPS) is 17.3. The van der Waals surface area contributed by atoms with Gasteiger partial charge in [-0.3, -0.25) is 4.79 Å². The van der Waals surface area contributed by atoms with E-state index in [9.17, 15) is 14.7 Å². The van der Waals surface area contributed by atoms with Gasteiger partial charge in [0.2, 0.25) is 5.91 Å². The number of aryl methyl sites for hydroxylation is 2. The molecule has 0 spiro atoms. The number of amides is 1. The quantitative estimate of drug-likeness (QED) is 0.743. The van der Waals surface area contributed by atoms with Crippen LogP contribution in [-0.4, -0.2) is 43.0 Å². The average molecular weight is 304 g/mol. The minimum absolute atomic E-state index is 0.335. The average Bonchev–Trinajstić information content (AvgIpc) is 2.46. The zero-order chi connectivity index (χ0) is 16.3. The molecule has 1 atom stereocenters. The summed E-state index contributed by atoms with van der Waals surface area (Å²) in [6.45, 7) is 9.34. The minimum Gasteiger partial charge on any atom is -0.550 e. The monoisotopic (exact) mass is 304 g/mol. The Hall–Kier alpha value is -1.88. The highest BCUT2D eigenvalue weighted by Gasteiger charge is 2.28. The Morgan fingerprint density at radius 3 is 2.45 bits per heavy atom. The summed E-state index contributed by atoms with van der Waals surface area (Å²) in [6, 6.07) is 6.90. The van der Waals surface area contributed by atoms with E-state index in [-0.39, 0.29) is 5.91 Å². The van der Waals surface area contributed by atoms with Crippen LogP contribution in [0.5, 0.6) is 0 Å². The third-order valence-corrected chi connectivity index (χ3v) is 4.56. The Morgan fingerprint density at radius 1 is 1.27 bits per heavy atom. The lowest BCUT2D eigenvalue weighted by Gasteiger charge is -2.36. The molecule has 1 N–H and O–H groups in total. The number of nitrogens with zero attached hydrogens (tertiary/aromatic N) is 1. The molecule has 22 heavy (non-hydrogen) atoms. The lowest BCUT2D eigenvalue weighted by molar-refractivity contribution is -0.933. The van der Waals surface area contributed by atoms with Gasteiger partial charge < -0.3 is 19.7 Å². The molecule has 1 heterocycles. The van der Waals surface area contributed by atoms with E-state index >= 15 is 0 Å². The van der Waals surface area contributed by atoms with Gasteiger partial charge in [-0.25, -0.2) is 0 Å². The smallest absolute Gasteiger partial charge is 0.228 e. The summed E-state index contributed by atoms with van der Waals surface area (Å²) >= 11 is 0. The molecule has 1 aromatic carbocycles. The van der Waals surface area contributed by atoms with Crippen LogP contribution in [0.4, 0.5) is 0 Å². The SMILES string of the molecule is Cc1ccc([C@H](C)[NH+]2CCN(C(=O)CC(=O)[O-])CC2)c(C)c1. The zero-order valence-corrected chi connectivity index (χ0v) is 13.5. The first-order valence-electron chi connectivity index (χ1n) is 7.78. The fraction of sp³-hybridized carbons (Fsp3) is 0.529. The van der Waals surface area contributed by atoms with Gasteiger partial charge in [0.05, 0.1) is 38.6 Å². The minimum atomic E-state index is -1.30. The Morgan fingerprint density at radius 2 is 1.91 bits per heavy atom. The predicted octanol–water partition coefficient (Wildman–Crippen LogP) is -0.768. The maximum absolute atomic E-state index is 11.7.